The highest BCUT2D eigenvalue weighted by Crippen LogP contribution is 2.02. The summed E-state index contributed by atoms with van der Waals surface area (Å²) in [4.78, 5) is 11.2. The van der Waals surface area contributed by atoms with E-state index in [9.17, 15) is 4.79 Å². The Morgan fingerprint density at radius 3 is 2.62 bits per heavy atom. The molecule has 4 nitrogen and oxygen atoms in total. The lowest BCUT2D eigenvalue weighted by Gasteiger charge is -2.17. The van der Waals surface area contributed by atoms with Crippen LogP contribution >= 0.6 is 0 Å². The Balaban J connectivity index is 3.41. The van der Waals surface area contributed by atoms with Crippen molar-refractivity contribution in [2.24, 2.45) is 5.73 Å². The summed E-state index contributed by atoms with van der Waals surface area (Å²) in [7, 11) is 1.64. The Morgan fingerprint density at radius 1 is 1.54 bits per heavy atom. The van der Waals surface area contributed by atoms with Crippen LogP contribution in [0.4, 0.5) is 0 Å². The normalized spacial score (nSPS) is 11.4. The molecular weight excluding hydrogens is 168 g/mol. The highest BCUT2D eigenvalue weighted by atomic mass is 16.5. The molecule has 13 heavy (non-hydrogen) atoms. The minimum Gasteiger partial charge on any atom is -0.385 e. The van der Waals surface area contributed by atoms with Crippen LogP contribution in [0, 0.1) is 0 Å². The van der Waals surface area contributed by atoms with Crippen LogP contribution in [0.15, 0.2) is 0 Å². The average molecular weight is 188 g/mol. The van der Waals surface area contributed by atoms with Crippen molar-refractivity contribution in [2.45, 2.75) is 32.2 Å². The van der Waals surface area contributed by atoms with E-state index in [1.807, 2.05) is 13.8 Å². The summed E-state index contributed by atoms with van der Waals surface area (Å²) in [6.45, 7) is 5.00. The Bertz CT molecular complexity index is 152. The van der Waals surface area contributed by atoms with E-state index >= 15 is 0 Å². The van der Waals surface area contributed by atoms with Crippen LogP contribution in [-0.4, -0.2) is 31.7 Å². The number of carbonyl (C=O) groups is 1. The van der Waals surface area contributed by atoms with Crippen molar-refractivity contribution in [3.63, 3.8) is 0 Å². The van der Waals surface area contributed by atoms with E-state index in [4.69, 9.17) is 10.5 Å². The molecule has 0 saturated carbocycles. The number of amides is 1. The van der Waals surface area contributed by atoms with Gasteiger partial charge in [-0.25, -0.2) is 0 Å². The van der Waals surface area contributed by atoms with Crippen molar-refractivity contribution >= 4 is 5.91 Å². The maximum absolute atomic E-state index is 11.2. The molecule has 0 unspecified atom stereocenters. The van der Waals surface area contributed by atoms with Gasteiger partial charge in [-0.1, -0.05) is 0 Å². The first-order chi connectivity index (χ1) is 5.95. The second-order valence-electron chi connectivity index (χ2n) is 3.86. The number of hydrogen-bond donors (Lipinski definition) is 2. The minimum absolute atomic E-state index is 0.00334. The van der Waals surface area contributed by atoms with Gasteiger partial charge in [-0.2, -0.15) is 0 Å². The molecule has 4 heteroatoms. The molecule has 0 aromatic carbocycles. The maximum Gasteiger partial charge on any atom is 0.221 e. The lowest BCUT2D eigenvalue weighted by atomic mass is 10.0. The molecule has 0 aromatic heterocycles. The van der Waals surface area contributed by atoms with Gasteiger partial charge in [0.2, 0.25) is 5.91 Å². The molecular formula is C9H20N2O2. The predicted octanol–water partition coefficient (Wildman–Crippen LogP) is 0.267. The third-order valence-corrected chi connectivity index (χ3v) is 1.46. The lowest BCUT2D eigenvalue weighted by molar-refractivity contribution is -0.122. The molecule has 0 atom stereocenters. The van der Waals surface area contributed by atoms with Gasteiger partial charge < -0.3 is 15.8 Å². The standard InChI is InChI=1S/C9H20N2O2/c1-9(2,10)7-8(12)11-5-4-6-13-3/h4-7,10H2,1-3H3,(H,11,12). The van der Waals surface area contributed by atoms with E-state index in [1.54, 1.807) is 7.11 Å². The van der Waals surface area contributed by atoms with E-state index in [2.05, 4.69) is 5.32 Å². The number of hydrogen-bond acceptors (Lipinski definition) is 3. The number of ether oxygens (including phenoxy) is 1. The number of nitrogens with two attached hydrogens (primary N) is 1. The molecule has 0 aromatic rings. The smallest absolute Gasteiger partial charge is 0.221 e. The molecule has 3 N–H and O–H groups in total. The van der Waals surface area contributed by atoms with Gasteiger partial charge in [0.25, 0.3) is 0 Å². The number of nitrogens with one attached hydrogen (secondary N) is 1. The summed E-state index contributed by atoms with van der Waals surface area (Å²) in [5.74, 6) is 0.00334. The molecule has 0 radical (unpaired) electrons. The monoisotopic (exact) mass is 188 g/mol. The predicted molar refractivity (Wildman–Crippen MR) is 52.4 cm³/mol. The van der Waals surface area contributed by atoms with Crippen LogP contribution in [0.25, 0.3) is 0 Å². The molecule has 0 aliphatic heterocycles. The molecule has 0 spiro atoms. The van der Waals surface area contributed by atoms with Crippen molar-refractivity contribution in [1.29, 1.82) is 0 Å². The van der Waals surface area contributed by atoms with Crippen LogP contribution in [-0.2, 0) is 9.53 Å². The number of carbonyl (C=O) groups excluding carboxylic acids is 1. The third-order valence-electron chi connectivity index (χ3n) is 1.46. The Morgan fingerprint density at radius 2 is 2.15 bits per heavy atom. The highest BCUT2D eigenvalue weighted by Gasteiger charge is 2.15. The van der Waals surface area contributed by atoms with Crippen LogP contribution in [0.3, 0.4) is 0 Å². The zero-order chi connectivity index (χ0) is 10.3. The van der Waals surface area contributed by atoms with Crippen molar-refractivity contribution in [3.05, 3.63) is 0 Å². The van der Waals surface area contributed by atoms with Crippen LogP contribution in [0.1, 0.15) is 26.7 Å². The van der Waals surface area contributed by atoms with Crippen LogP contribution in [0.2, 0.25) is 0 Å². The first-order valence-electron chi connectivity index (χ1n) is 4.50. The first-order valence-corrected chi connectivity index (χ1v) is 4.50. The highest BCUT2D eigenvalue weighted by molar-refractivity contribution is 5.76. The Hall–Kier alpha value is -0.610. The zero-order valence-electron chi connectivity index (χ0n) is 8.72. The molecule has 0 aliphatic rings. The van der Waals surface area contributed by atoms with Gasteiger partial charge in [0, 0.05) is 32.2 Å². The minimum atomic E-state index is -0.425. The van der Waals surface area contributed by atoms with Crippen molar-refractivity contribution in [1.82, 2.24) is 5.32 Å². The fourth-order valence-corrected chi connectivity index (χ4v) is 0.921. The third kappa shape index (κ3) is 9.30. The number of methoxy groups -OCH3 is 1. The molecule has 1 amide bonds. The van der Waals surface area contributed by atoms with E-state index in [0.29, 0.717) is 19.6 Å². The SMILES string of the molecule is COCCCNC(=O)CC(C)(C)N. The van der Waals surface area contributed by atoms with Gasteiger partial charge in [0.1, 0.15) is 0 Å². The second-order valence-corrected chi connectivity index (χ2v) is 3.86. The summed E-state index contributed by atoms with van der Waals surface area (Å²) < 4.78 is 4.85. The van der Waals surface area contributed by atoms with Gasteiger partial charge in [0.05, 0.1) is 0 Å². The number of rotatable bonds is 6. The summed E-state index contributed by atoms with van der Waals surface area (Å²) in [6.07, 6.45) is 1.20. The molecule has 78 valence electrons. The maximum atomic E-state index is 11.2. The summed E-state index contributed by atoms with van der Waals surface area (Å²) in [5.41, 5.74) is 5.26. The average Bonchev–Trinajstić information content (AvgIpc) is 1.94. The molecule has 0 saturated heterocycles. The Labute approximate surface area is 79.8 Å². The summed E-state index contributed by atoms with van der Waals surface area (Å²) in [6, 6.07) is 0. The van der Waals surface area contributed by atoms with Gasteiger partial charge in [-0.15, -0.1) is 0 Å². The van der Waals surface area contributed by atoms with Crippen molar-refractivity contribution in [3.8, 4) is 0 Å². The molecule has 0 bridgehead atoms. The largest absolute Gasteiger partial charge is 0.385 e. The van der Waals surface area contributed by atoms with Crippen molar-refractivity contribution in [2.75, 3.05) is 20.3 Å². The van der Waals surface area contributed by atoms with E-state index < -0.39 is 5.54 Å². The van der Waals surface area contributed by atoms with Crippen LogP contribution in [0.5, 0.6) is 0 Å². The topological polar surface area (TPSA) is 64.3 Å². The van der Waals surface area contributed by atoms with Gasteiger partial charge in [-0.3, -0.25) is 4.79 Å². The van der Waals surface area contributed by atoms with Crippen molar-refractivity contribution < 1.29 is 9.53 Å². The summed E-state index contributed by atoms with van der Waals surface area (Å²) in [5, 5.41) is 2.78. The quantitative estimate of drug-likeness (QED) is 0.588. The van der Waals surface area contributed by atoms with Crippen LogP contribution < -0.4 is 11.1 Å². The van der Waals surface area contributed by atoms with Gasteiger partial charge >= 0.3 is 0 Å². The van der Waals surface area contributed by atoms with E-state index in [1.165, 1.54) is 0 Å². The second kappa shape index (κ2) is 5.94. The molecule has 0 fully saturated rings. The summed E-state index contributed by atoms with van der Waals surface area (Å²) >= 11 is 0. The lowest BCUT2D eigenvalue weighted by Crippen LogP contribution is -2.39. The molecule has 0 aliphatic carbocycles. The van der Waals surface area contributed by atoms with Gasteiger partial charge in [-0.05, 0) is 20.3 Å². The van der Waals surface area contributed by atoms with E-state index in [-0.39, 0.29) is 5.91 Å². The fourth-order valence-electron chi connectivity index (χ4n) is 0.921. The van der Waals surface area contributed by atoms with E-state index in [0.717, 1.165) is 6.42 Å². The fraction of sp³-hybridized carbons (Fsp3) is 0.889. The molecule has 0 heterocycles. The first kappa shape index (κ1) is 12.4. The molecule has 0 rings (SSSR count). The zero-order valence-corrected chi connectivity index (χ0v) is 8.72. The Kier molecular flexibility index (Phi) is 5.66. The van der Waals surface area contributed by atoms with Gasteiger partial charge in [0.15, 0.2) is 0 Å².